The number of esters is 1. The SMILES string of the molecule is CCc1ccc(C(=O)COC(=O)CO/N=C(\C)c2ccc3c(c2)OCO3)cc1. The van der Waals surface area contributed by atoms with Gasteiger partial charge in [-0.25, -0.2) is 4.79 Å². The molecule has 0 saturated heterocycles. The topological polar surface area (TPSA) is 83.4 Å². The van der Waals surface area contributed by atoms with Gasteiger partial charge in [0.15, 0.2) is 23.9 Å². The van der Waals surface area contributed by atoms with Gasteiger partial charge in [-0.05, 0) is 37.1 Å². The summed E-state index contributed by atoms with van der Waals surface area (Å²) < 4.78 is 15.5. The molecule has 3 rings (SSSR count). The normalized spacial score (nSPS) is 12.6. The highest BCUT2D eigenvalue weighted by Crippen LogP contribution is 2.32. The summed E-state index contributed by atoms with van der Waals surface area (Å²) in [4.78, 5) is 28.8. The quantitative estimate of drug-likeness (QED) is 0.301. The molecule has 0 amide bonds. The highest BCUT2D eigenvalue weighted by Gasteiger charge is 2.14. The van der Waals surface area contributed by atoms with Gasteiger partial charge in [0.2, 0.25) is 13.4 Å². The van der Waals surface area contributed by atoms with E-state index in [1.807, 2.05) is 25.1 Å². The number of hydrogen-bond acceptors (Lipinski definition) is 7. The van der Waals surface area contributed by atoms with E-state index in [1.165, 1.54) is 0 Å². The van der Waals surface area contributed by atoms with Crippen molar-refractivity contribution >= 4 is 17.5 Å². The first-order chi connectivity index (χ1) is 13.6. The van der Waals surface area contributed by atoms with Crippen LogP contribution in [0.5, 0.6) is 11.5 Å². The van der Waals surface area contributed by atoms with Gasteiger partial charge >= 0.3 is 5.97 Å². The third-order valence-corrected chi connectivity index (χ3v) is 4.22. The number of ketones is 1. The van der Waals surface area contributed by atoms with Gasteiger partial charge in [0.05, 0.1) is 5.71 Å². The Bertz CT molecular complexity index is 888. The van der Waals surface area contributed by atoms with Crippen molar-refractivity contribution in [2.75, 3.05) is 20.0 Å². The van der Waals surface area contributed by atoms with Crippen LogP contribution in [0.4, 0.5) is 0 Å². The monoisotopic (exact) mass is 383 g/mol. The molecule has 1 aliphatic rings. The molecule has 0 bridgehead atoms. The van der Waals surface area contributed by atoms with Gasteiger partial charge in [-0.3, -0.25) is 4.79 Å². The molecular formula is C21H21NO6. The summed E-state index contributed by atoms with van der Waals surface area (Å²) in [7, 11) is 0. The third-order valence-electron chi connectivity index (χ3n) is 4.22. The molecule has 7 nitrogen and oxygen atoms in total. The molecule has 0 N–H and O–H groups in total. The van der Waals surface area contributed by atoms with Crippen LogP contribution in [0, 0.1) is 0 Å². The van der Waals surface area contributed by atoms with E-state index in [2.05, 4.69) is 5.16 Å². The number of aryl methyl sites for hydroxylation is 1. The molecule has 1 heterocycles. The summed E-state index contributed by atoms with van der Waals surface area (Å²) in [6, 6.07) is 12.6. The molecule has 2 aromatic carbocycles. The van der Waals surface area contributed by atoms with E-state index in [1.54, 1.807) is 31.2 Å². The number of fused-ring (bicyclic) bond motifs is 1. The zero-order valence-electron chi connectivity index (χ0n) is 15.8. The standard InChI is InChI=1S/C21H21NO6/c1-3-15-4-6-16(7-5-15)18(23)11-25-21(24)12-28-22-14(2)17-8-9-19-20(10-17)27-13-26-19/h4-10H,3,11-13H2,1-2H3/b22-14+. The van der Waals surface area contributed by atoms with Crippen molar-refractivity contribution in [3.05, 3.63) is 59.2 Å². The largest absolute Gasteiger partial charge is 0.455 e. The predicted octanol–water partition coefficient (Wildman–Crippen LogP) is 3.14. The summed E-state index contributed by atoms with van der Waals surface area (Å²) >= 11 is 0. The number of ether oxygens (including phenoxy) is 3. The van der Waals surface area contributed by atoms with Crippen LogP contribution in [0.15, 0.2) is 47.6 Å². The number of rotatable bonds is 8. The molecule has 0 saturated carbocycles. The lowest BCUT2D eigenvalue weighted by Gasteiger charge is -2.05. The number of Topliss-reactive ketones (excluding diaryl/α,β-unsaturated/α-hetero) is 1. The van der Waals surface area contributed by atoms with Crippen molar-refractivity contribution in [1.82, 2.24) is 0 Å². The van der Waals surface area contributed by atoms with Crippen molar-refractivity contribution in [3.63, 3.8) is 0 Å². The summed E-state index contributed by atoms with van der Waals surface area (Å²) in [5.74, 6) is 0.379. The Morgan fingerprint density at radius 3 is 2.46 bits per heavy atom. The highest BCUT2D eigenvalue weighted by molar-refractivity contribution is 5.99. The van der Waals surface area contributed by atoms with Gasteiger partial charge < -0.3 is 19.0 Å². The van der Waals surface area contributed by atoms with Gasteiger partial charge in [-0.2, -0.15) is 0 Å². The molecular weight excluding hydrogens is 362 g/mol. The second kappa shape index (κ2) is 9.03. The minimum absolute atomic E-state index is 0.193. The molecule has 0 unspecified atom stereocenters. The van der Waals surface area contributed by atoms with Gasteiger partial charge in [0, 0.05) is 11.1 Å². The lowest BCUT2D eigenvalue weighted by Crippen LogP contribution is -2.17. The zero-order chi connectivity index (χ0) is 19.9. The van der Waals surface area contributed by atoms with Crippen LogP contribution in [0.3, 0.4) is 0 Å². The predicted molar refractivity (Wildman–Crippen MR) is 102 cm³/mol. The maximum absolute atomic E-state index is 12.0. The fourth-order valence-electron chi connectivity index (χ4n) is 2.55. The molecule has 28 heavy (non-hydrogen) atoms. The molecule has 146 valence electrons. The average Bonchev–Trinajstić information content (AvgIpc) is 3.19. The summed E-state index contributed by atoms with van der Waals surface area (Å²) in [6.45, 7) is 3.25. The van der Waals surface area contributed by atoms with Crippen molar-refractivity contribution in [3.8, 4) is 11.5 Å². The number of oxime groups is 1. The van der Waals surface area contributed by atoms with Gasteiger partial charge in [-0.15, -0.1) is 0 Å². The Kier molecular flexibility index (Phi) is 6.26. The lowest BCUT2D eigenvalue weighted by molar-refractivity contribution is -0.147. The van der Waals surface area contributed by atoms with Gasteiger partial charge in [0.1, 0.15) is 0 Å². The third kappa shape index (κ3) is 4.88. The Labute approximate surface area is 162 Å². The summed E-state index contributed by atoms with van der Waals surface area (Å²) in [5, 5.41) is 3.90. The van der Waals surface area contributed by atoms with E-state index in [0.717, 1.165) is 17.5 Å². The Morgan fingerprint density at radius 1 is 1.00 bits per heavy atom. The molecule has 0 aromatic heterocycles. The van der Waals surface area contributed by atoms with Crippen LogP contribution in [0.1, 0.15) is 35.3 Å². The summed E-state index contributed by atoms with van der Waals surface area (Å²) in [5.41, 5.74) is 2.99. The maximum Gasteiger partial charge on any atom is 0.347 e. The molecule has 0 atom stereocenters. The number of benzene rings is 2. The minimum atomic E-state index is -0.666. The Morgan fingerprint density at radius 2 is 1.71 bits per heavy atom. The second-order valence-corrected chi connectivity index (χ2v) is 6.15. The van der Waals surface area contributed by atoms with Crippen molar-refractivity contribution in [1.29, 1.82) is 0 Å². The number of carbonyl (C=O) groups excluding carboxylic acids is 2. The molecule has 0 radical (unpaired) electrons. The first kappa shape index (κ1) is 19.4. The van der Waals surface area contributed by atoms with Crippen LogP contribution in [-0.2, 0) is 20.8 Å². The van der Waals surface area contributed by atoms with Gasteiger partial charge in [0.25, 0.3) is 0 Å². The average molecular weight is 383 g/mol. The molecule has 0 fully saturated rings. The number of hydrogen-bond donors (Lipinski definition) is 0. The maximum atomic E-state index is 12.0. The van der Waals surface area contributed by atoms with E-state index >= 15 is 0 Å². The van der Waals surface area contributed by atoms with Crippen LogP contribution in [-0.4, -0.2) is 37.5 Å². The van der Waals surface area contributed by atoms with E-state index in [0.29, 0.717) is 22.8 Å². The Balaban J connectivity index is 1.44. The van der Waals surface area contributed by atoms with Crippen molar-refractivity contribution < 1.29 is 28.6 Å². The lowest BCUT2D eigenvalue weighted by atomic mass is 10.1. The molecule has 2 aromatic rings. The fourth-order valence-corrected chi connectivity index (χ4v) is 2.55. The fraction of sp³-hybridized carbons (Fsp3) is 0.286. The first-order valence-electron chi connectivity index (χ1n) is 8.91. The molecule has 1 aliphatic heterocycles. The van der Waals surface area contributed by atoms with Crippen LogP contribution in [0.2, 0.25) is 0 Å². The van der Waals surface area contributed by atoms with Crippen molar-refractivity contribution in [2.24, 2.45) is 5.16 Å². The van der Waals surface area contributed by atoms with E-state index in [4.69, 9.17) is 19.0 Å². The van der Waals surface area contributed by atoms with E-state index < -0.39 is 5.97 Å². The Hall–Kier alpha value is -3.35. The molecule has 0 aliphatic carbocycles. The van der Waals surface area contributed by atoms with Crippen molar-refractivity contribution in [2.45, 2.75) is 20.3 Å². The molecule has 7 heteroatoms. The van der Waals surface area contributed by atoms with E-state index in [-0.39, 0.29) is 25.8 Å². The van der Waals surface area contributed by atoms with Gasteiger partial charge in [-0.1, -0.05) is 36.3 Å². The molecule has 0 spiro atoms. The summed E-state index contributed by atoms with van der Waals surface area (Å²) in [6.07, 6.45) is 0.896. The number of carbonyl (C=O) groups is 2. The number of nitrogens with zero attached hydrogens (tertiary/aromatic N) is 1. The second-order valence-electron chi connectivity index (χ2n) is 6.15. The van der Waals surface area contributed by atoms with Crippen LogP contribution >= 0.6 is 0 Å². The van der Waals surface area contributed by atoms with Crippen LogP contribution < -0.4 is 9.47 Å². The van der Waals surface area contributed by atoms with Crippen LogP contribution in [0.25, 0.3) is 0 Å². The highest BCUT2D eigenvalue weighted by atomic mass is 16.7. The zero-order valence-corrected chi connectivity index (χ0v) is 15.8. The smallest absolute Gasteiger partial charge is 0.347 e. The minimum Gasteiger partial charge on any atom is -0.455 e. The first-order valence-corrected chi connectivity index (χ1v) is 8.91. The van der Waals surface area contributed by atoms with E-state index in [9.17, 15) is 9.59 Å².